The second-order valence-corrected chi connectivity index (χ2v) is 9.05. The molecule has 152 valence electrons. The van der Waals surface area contributed by atoms with Crippen molar-refractivity contribution >= 4 is 16.0 Å². The summed E-state index contributed by atoms with van der Waals surface area (Å²) >= 11 is 0. The molecule has 8 heteroatoms. The topological polar surface area (TPSA) is 81.5 Å². The predicted octanol–water partition coefficient (Wildman–Crippen LogP) is 3.10. The molecule has 0 aliphatic carbocycles. The second kappa shape index (κ2) is 8.18. The van der Waals surface area contributed by atoms with Crippen LogP contribution in [0.4, 0.5) is 0 Å². The molecule has 0 N–H and O–H groups in total. The van der Waals surface area contributed by atoms with Crippen molar-refractivity contribution < 1.29 is 17.9 Å². The highest BCUT2D eigenvalue weighted by molar-refractivity contribution is 7.89. The number of nitrogens with zero attached hydrogens (tertiary/aromatic N) is 3. The summed E-state index contributed by atoms with van der Waals surface area (Å²) in [5.74, 6) is -0.481. The molecule has 0 saturated carbocycles. The molecule has 0 saturated heterocycles. The normalized spacial score (nSPS) is 11.6. The van der Waals surface area contributed by atoms with E-state index in [2.05, 4.69) is 5.10 Å². The summed E-state index contributed by atoms with van der Waals surface area (Å²) in [5, 5.41) is 4.42. The van der Waals surface area contributed by atoms with E-state index in [0.29, 0.717) is 11.1 Å². The molecular weight excluding hydrogens is 390 g/mol. The van der Waals surface area contributed by atoms with Gasteiger partial charge in [-0.3, -0.25) is 0 Å². The Morgan fingerprint density at radius 2 is 1.76 bits per heavy atom. The van der Waals surface area contributed by atoms with Gasteiger partial charge in [-0.15, -0.1) is 0 Å². The molecule has 7 nitrogen and oxygen atoms in total. The first-order valence-corrected chi connectivity index (χ1v) is 10.4. The highest BCUT2D eigenvalue weighted by Gasteiger charge is 2.17. The lowest BCUT2D eigenvalue weighted by Crippen LogP contribution is -2.22. The zero-order valence-corrected chi connectivity index (χ0v) is 17.6. The molecule has 29 heavy (non-hydrogen) atoms. The van der Waals surface area contributed by atoms with Gasteiger partial charge in [-0.25, -0.2) is 22.2 Å². The van der Waals surface area contributed by atoms with Gasteiger partial charge < -0.3 is 4.74 Å². The van der Waals surface area contributed by atoms with E-state index in [4.69, 9.17) is 4.74 Å². The Balaban J connectivity index is 1.69. The van der Waals surface area contributed by atoms with Crippen molar-refractivity contribution in [2.45, 2.75) is 25.3 Å². The predicted molar refractivity (Wildman–Crippen MR) is 109 cm³/mol. The molecule has 1 aromatic heterocycles. The molecular formula is C21H23N3O4S. The van der Waals surface area contributed by atoms with Crippen molar-refractivity contribution in [2.75, 3.05) is 14.1 Å². The summed E-state index contributed by atoms with van der Waals surface area (Å²) in [6.07, 6.45) is 0. The van der Waals surface area contributed by atoms with Gasteiger partial charge in [0.15, 0.2) is 0 Å². The van der Waals surface area contributed by atoms with E-state index in [1.807, 2.05) is 19.9 Å². The Morgan fingerprint density at radius 1 is 1.07 bits per heavy atom. The summed E-state index contributed by atoms with van der Waals surface area (Å²) in [4.78, 5) is 12.5. The maximum atomic E-state index is 12.4. The quantitative estimate of drug-likeness (QED) is 0.580. The molecule has 0 spiro atoms. The van der Waals surface area contributed by atoms with Crippen LogP contribution >= 0.6 is 0 Å². The van der Waals surface area contributed by atoms with E-state index in [-0.39, 0.29) is 11.5 Å². The number of benzene rings is 2. The van der Waals surface area contributed by atoms with Gasteiger partial charge in [-0.2, -0.15) is 5.10 Å². The van der Waals surface area contributed by atoms with Crippen LogP contribution in [0.15, 0.2) is 59.5 Å². The van der Waals surface area contributed by atoms with Gasteiger partial charge in [0.2, 0.25) is 10.0 Å². The molecule has 3 rings (SSSR count). The van der Waals surface area contributed by atoms with Crippen molar-refractivity contribution in [1.29, 1.82) is 0 Å². The standard InChI is InChI=1S/C21H23N3O4S/c1-15-12-16(2)24(22-15)19-10-8-18(9-11-19)21(25)28-14-17-6-5-7-20(13-17)29(26,27)23(3)4/h5-13H,14H2,1-4H3. The van der Waals surface area contributed by atoms with E-state index in [9.17, 15) is 13.2 Å². The Bertz CT molecular complexity index is 1130. The molecule has 1 heterocycles. The third kappa shape index (κ3) is 4.55. The highest BCUT2D eigenvalue weighted by atomic mass is 32.2. The zero-order chi connectivity index (χ0) is 21.2. The van der Waals surface area contributed by atoms with Crippen molar-refractivity contribution in [2.24, 2.45) is 0 Å². The summed E-state index contributed by atoms with van der Waals surface area (Å²) in [7, 11) is -0.599. The van der Waals surface area contributed by atoms with Gasteiger partial charge in [0, 0.05) is 19.8 Å². The van der Waals surface area contributed by atoms with Gasteiger partial charge >= 0.3 is 5.97 Å². The number of ether oxygens (including phenoxy) is 1. The maximum Gasteiger partial charge on any atom is 0.338 e. The first-order valence-electron chi connectivity index (χ1n) is 9.01. The van der Waals surface area contributed by atoms with E-state index in [1.165, 1.54) is 26.2 Å². The van der Waals surface area contributed by atoms with Gasteiger partial charge in [0.05, 0.1) is 21.8 Å². The molecule has 0 radical (unpaired) electrons. The molecule has 0 atom stereocenters. The average Bonchev–Trinajstić information content (AvgIpc) is 3.04. The van der Waals surface area contributed by atoms with Crippen molar-refractivity contribution in [3.63, 3.8) is 0 Å². The number of esters is 1. The van der Waals surface area contributed by atoms with Gasteiger partial charge in [0.25, 0.3) is 0 Å². The lowest BCUT2D eigenvalue weighted by Gasteiger charge is -2.12. The van der Waals surface area contributed by atoms with Crippen molar-refractivity contribution in [3.05, 3.63) is 77.1 Å². The van der Waals surface area contributed by atoms with E-state index < -0.39 is 16.0 Å². The summed E-state index contributed by atoms with van der Waals surface area (Å²) < 4.78 is 32.8. The van der Waals surface area contributed by atoms with Crippen molar-refractivity contribution in [3.8, 4) is 5.69 Å². The van der Waals surface area contributed by atoms with Crippen LogP contribution in [-0.4, -0.2) is 42.6 Å². The molecule has 0 aliphatic rings. The first kappa shape index (κ1) is 20.8. The highest BCUT2D eigenvalue weighted by Crippen LogP contribution is 2.17. The fourth-order valence-corrected chi connectivity index (χ4v) is 3.84. The van der Waals surface area contributed by atoms with Crippen LogP contribution in [0, 0.1) is 13.8 Å². The number of hydrogen-bond acceptors (Lipinski definition) is 5. The number of aryl methyl sites for hydroxylation is 2. The van der Waals surface area contributed by atoms with Crippen molar-refractivity contribution in [1.82, 2.24) is 14.1 Å². The zero-order valence-electron chi connectivity index (χ0n) is 16.8. The minimum absolute atomic E-state index is 0.0190. The fraction of sp³-hybridized carbons (Fsp3) is 0.238. The number of sulfonamides is 1. The van der Waals surface area contributed by atoms with Gasteiger partial charge in [-0.1, -0.05) is 12.1 Å². The van der Waals surface area contributed by atoms with E-state index >= 15 is 0 Å². The minimum atomic E-state index is -3.54. The van der Waals surface area contributed by atoms with Gasteiger partial charge in [0.1, 0.15) is 6.61 Å². The lowest BCUT2D eigenvalue weighted by molar-refractivity contribution is 0.0472. The molecule has 2 aromatic carbocycles. The fourth-order valence-electron chi connectivity index (χ4n) is 2.87. The Morgan fingerprint density at radius 3 is 2.34 bits per heavy atom. The lowest BCUT2D eigenvalue weighted by atomic mass is 10.2. The van der Waals surface area contributed by atoms with Crippen LogP contribution in [0.5, 0.6) is 0 Å². The smallest absolute Gasteiger partial charge is 0.338 e. The second-order valence-electron chi connectivity index (χ2n) is 6.90. The average molecular weight is 413 g/mol. The number of aromatic nitrogens is 2. The third-order valence-corrected chi connectivity index (χ3v) is 6.22. The molecule has 0 amide bonds. The maximum absolute atomic E-state index is 12.4. The molecule has 0 fully saturated rings. The number of hydrogen-bond donors (Lipinski definition) is 0. The monoisotopic (exact) mass is 413 g/mol. The molecule has 0 bridgehead atoms. The summed E-state index contributed by atoms with van der Waals surface area (Å²) in [5.41, 5.74) is 3.79. The molecule has 0 unspecified atom stereocenters. The first-order chi connectivity index (χ1) is 13.7. The van der Waals surface area contributed by atoms with Crippen LogP contribution in [-0.2, 0) is 21.4 Å². The van der Waals surface area contributed by atoms with Crippen LogP contribution in [0.25, 0.3) is 5.69 Å². The number of carbonyl (C=O) groups excluding carboxylic acids is 1. The SMILES string of the molecule is Cc1cc(C)n(-c2ccc(C(=O)OCc3cccc(S(=O)(=O)N(C)C)c3)cc2)n1. The minimum Gasteiger partial charge on any atom is -0.457 e. The van der Waals surface area contributed by atoms with Crippen LogP contribution in [0.1, 0.15) is 27.3 Å². The summed E-state index contributed by atoms with van der Waals surface area (Å²) in [6.45, 7) is 3.87. The van der Waals surface area contributed by atoms with E-state index in [0.717, 1.165) is 21.4 Å². The van der Waals surface area contributed by atoms with Gasteiger partial charge in [-0.05, 0) is 61.9 Å². The van der Waals surface area contributed by atoms with Crippen LogP contribution in [0.3, 0.4) is 0 Å². The Hall–Kier alpha value is -2.97. The molecule has 3 aromatic rings. The number of carbonyl (C=O) groups is 1. The Labute approximate surface area is 170 Å². The van der Waals surface area contributed by atoms with Crippen LogP contribution in [0.2, 0.25) is 0 Å². The van der Waals surface area contributed by atoms with Crippen LogP contribution < -0.4 is 0 Å². The largest absolute Gasteiger partial charge is 0.457 e. The molecule has 0 aliphatic heterocycles. The third-order valence-electron chi connectivity index (χ3n) is 4.40. The Kier molecular flexibility index (Phi) is 5.86. The van der Waals surface area contributed by atoms with E-state index in [1.54, 1.807) is 41.1 Å². The summed E-state index contributed by atoms with van der Waals surface area (Å²) in [6, 6.07) is 15.3. The number of rotatable bonds is 6.